The molecule has 0 saturated carbocycles. The van der Waals surface area contributed by atoms with Crippen molar-refractivity contribution < 1.29 is 4.79 Å². The Balaban J connectivity index is 1.65. The lowest BCUT2D eigenvalue weighted by Crippen LogP contribution is -2.14. The quantitative estimate of drug-likeness (QED) is 0.684. The summed E-state index contributed by atoms with van der Waals surface area (Å²) in [4.78, 5) is 16.6. The number of hydrogen-bond acceptors (Lipinski definition) is 3. The summed E-state index contributed by atoms with van der Waals surface area (Å²) >= 11 is 13.2. The van der Waals surface area contributed by atoms with Crippen LogP contribution in [-0.2, 0) is 11.2 Å². The lowest BCUT2D eigenvalue weighted by atomic mass is 10.2. The third-order valence-electron chi connectivity index (χ3n) is 3.11. The van der Waals surface area contributed by atoms with Gasteiger partial charge in [0, 0.05) is 26.7 Å². The summed E-state index contributed by atoms with van der Waals surface area (Å²) in [5, 5.41) is 6.91. The first-order chi connectivity index (χ1) is 11.1. The summed E-state index contributed by atoms with van der Waals surface area (Å²) in [7, 11) is 0. The SMILES string of the molecule is O=C(Cc1csc(-c2ccc(Cl)cc2)n1)Nc1ccc(Cl)cc1. The van der Waals surface area contributed by atoms with Crippen molar-refractivity contribution in [3.63, 3.8) is 0 Å². The van der Waals surface area contributed by atoms with Crippen molar-refractivity contribution in [2.45, 2.75) is 6.42 Å². The number of anilines is 1. The first kappa shape index (κ1) is 16.0. The average Bonchev–Trinajstić information content (AvgIpc) is 2.98. The summed E-state index contributed by atoms with van der Waals surface area (Å²) in [6.45, 7) is 0. The Hall–Kier alpha value is -1.88. The monoisotopic (exact) mass is 362 g/mol. The molecular weight excluding hydrogens is 351 g/mol. The maximum atomic E-state index is 12.1. The van der Waals surface area contributed by atoms with Gasteiger partial charge in [0.2, 0.25) is 5.91 Å². The van der Waals surface area contributed by atoms with Crippen LogP contribution in [0, 0.1) is 0 Å². The van der Waals surface area contributed by atoms with Gasteiger partial charge in [-0.15, -0.1) is 11.3 Å². The van der Waals surface area contributed by atoms with Crippen LogP contribution in [0.25, 0.3) is 10.6 Å². The van der Waals surface area contributed by atoms with Crippen LogP contribution >= 0.6 is 34.5 Å². The number of carbonyl (C=O) groups excluding carboxylic acids is 1. The second-order valence-corrected chi connectivity index (χ2v) is 6.61. The largest absolute Gasteiger partial charge is 0.326 e. The molecule has 1 amide bonds. The van der Waals surface area contributed by atoms with E-state index in [4.69, 9.17) is 23.2 Å². The van der Waals surface area contributed by atoms with Crippen molar-refractivity contribution in [2.24, 2.45) is 0 Å². The highest BCUT2D eigenvalue weighted by atomic mass is 35.5. The fourth-order valence-electron chi connectivity index (χ4n) is 2.02. The van der Waals surface area contributed by atoms with Crippen LogP contribution in [0.1, 0.15) is 5.69 Å². The van der Waals surface area contributed by atoms with E-state index < -0.39 is 0 Å². The highest BCUT2D eigenvalue weighted by Gasteiger charge is 2.09. The summed E-state index contributed by atoms with van der Waals surface area (Å²) < 4.78 is 0. The molecule has 6 heteroatoms. The van der Waals surface area contributed by atoms with Gasteiger partial charge in [0.15, 0.2) is 0 Å². The number of aromatic nitrogens is 1. The molecular formula is C17H12Cl2N2OS. The molecule has 1 N–H and O–H groups in total. The maximum absolute atomic E-state index is 12.1. The van der Waals surface area contributed by atoms with E-state index in [0.29, 0.717) is 15.7 Å². The Bertz CT molecular complexity index is 813. The topological polar surface area (TPSA) is 42.0 Å². The van der Waals surface area contributed by atoms with Gasteiger partial charge in [-0.2, -0.15) is 0 Å². The number of thiazole rings is 1. The van der Waals surface area contributed by atoms with E-state index in [9.17, 15) is 4.79 Å². The number of nitrogens with one attached hydrogen (secondary N) is 1. The molecule has 0 aliphatic heterocycles. The molecule has 116 valence electrons. The van der Waals surface area contributed by atoms with E-state index in [1.54, 1.807) is 24.3 Å². The number of nitrogens with zero attached hydrogens (tertiary/aromatic N) is 1. The van der Waals surface area contributed by atoms with Gasteiger partial charge in [-0.25, -0.2) is 4.98 Å². The number of hydrogen-bond donors (Lipinski definition) is 1. The van der Waals surface area contributed by atoms with Gasteiger partial charge < -0.3 is 5.32 Å². The van der Waals surface area contributed by atoms with E-state index >= 15 is 0 Å². The average molecular weight is 363 g/mol. The first-order valence-electron chi connectivity index (χ1n) is 6.86. The van der Waals surface area contributed by atoms with E-state index in [2.05, 4.69) is 10.3 Å². The summed E-state index contributed by atoms with van der Waals surface area (Å²) in [6.07, 6.45) is 0.229. The van der Waals surface area contributed by atoms with Crippen LogP contribution in [0.15, 0.2) is 53.9 Å². The Kier molecular flexibility index (Phi) is 4.96. The molecule has 23 heavy (non-hydrogen) atoms. The Morgan fingerprint density at radius 1 is 1.00 bits per heavy atom. The molecule has 0 spiro atoms. The van der Waals surface area contributed by atoms with Crippen molar-refractivity contribution in [1.82, 2.24) is 4.98 Å². The van der Waals surface area contributed by atoms with Crippen molar-refractivity contribution in [3.05, 3.63) is 69.7 Å². The van der Waals surface area contributed by atoms with Crippen molar-refractivity contribution in [1.29, 1.82) is 0 Å². The molecule has 3 aromatic rings. The number of carbonyl (C=O) groups is 1. The van der Waals surface area contributed by atoms with E-state index in [1.165, 1.54) is 11.3 Å². The van der Waals surface area contributed by atoms with Gasteiger partial charge >= 0.3 is 0 Å². The Morgan fingerprint density at radius 2 is 1.61 bits per heavy atom. The molecule has 1 heterocycles. The minimum atomic E-state index is -0.111. The summed E-state index contributed by atoms with van der Waals surface area (Å²) in [6, 6.07) is 14.5. The van der Waals surface area contributed by atoms with Crippen LogP contribution < -0.4 is 5.32 Å². The lowest BCUT2D eigenvalue weighted by Gasteiger charge is -2.03. The number of amides is 1. The molecule has 2 aromatic carbocycles. The number of rotatable bonds is 4. The molecule has 0 bridgehead atoms. The third-order valence-corrected chi connectivity index (χ3v) is 4.56. The van der Waals surface area contributed by atoms with Gasteiger partial charge in [-0.3, -0.25) is 4.79 Å². The Labute approximate surface area is 147 Å². The second-order valence-electron chi connectivity index (χ2n) is 4.88. The predicted molar refractivity (Wildman–Crippen MR) is 96.3 cm³/mol. The van der Waals surface area contributed by atoms with E-state index in [1.807, 2.05) is 29.6 Å². The molecule has 0 radical (unpaired) electrons. The van der Waals surface area contributed by atoms with Crippen molar-refractivity contribution >= 4 is 46.1 Å². The van der Waals surface area contributed by atoms with Gasteiger partial charge in [0.1, 0.15) is 5.01 Å². The maximum Gasteiger partial charge on any atom is 0.230 e. The van der Waals surface area contributed by atoms with Crippen LogP contribution in [0.5, 0.6) is 0 Å². The van der Waals surface area contributed by atoms with Crippen molar-refractivity contribution in [2.75, 3.05) is 5.32 Å². The van der Waals surface area contributed by atoms with Gasteiger partial charge in [-0.1, -0.05) is 35.3 Å². The minimum Gasteiger partial charge on any atom is -0.326 e. The lowest BCUT2D eigenvalue weighted by molar-refractivity contribution is -0.115. The van der Waals surface area contributed by atoms with Gasteiger partial charge in [0.25, 0.3) is 0 Å². The molecule has 0 saturated heterocycles. The highest BCUT2D eigenvalue weighted by molar-refractivity contribution is 7.13. The zero-order chi connectivity index (χ0) is 16.2. The minimum absolute atomic E-state index is 0.111. The highest BCUT2D eigenvalue weighted by Crippen LogP contribution is 2.25. The molecule has 0 unspecified atom stereocenters. The molecule has 1 aromatic heterocycles. The molecule has 0 fully saturated rings. The van der Waals surface area contributed by atoms with E-state index in [-0.39, 0.29) is 12.3 Å². The zero-order valence-electron chi connectivity index (χ0n) is 11.9. The van der Waals surface area contributed by atoms with E-state index in [0.717, 1.165) is 16.3 Å². The zero-order valence-corrected chi connectivity index (χ0v) is 14.3. The second kappa shape index (κ2) is 7.13. The Morgan fingerprint density at radius 3 is 2.26 bits per heavy atom. The van der Waals surface area contributed by atoms with Crippen LogP contribution in [0.4, 0.5) is 5.69 Å². The summed E-state index contributed by atoms with van der Waals surface area (Å²) in [5.74, 6) is -0.111. The van der Waals surface area contributed by atoms with Gasteiger partial charge in [0.05, 0.1) is 12.1 Å². The first-order valence-corrected chi connectivity index (χ1v) is 8.49. The normalized spacial score (nSPS) is 10.5. The molecule has 0 aliphatic carbocycles. The van der Waals surface area contributed by atoms with Crippen LogP contribution in [-0.4, -0.2) is 10.9 Å². The fraction of sp³-hybridized carbons (Fsp3) is 0.0588. The van der Waals surface area contributed by atoms with Crippen LogP contribution in [0.2, 0.25) is 10.0 Å². The standard InChI is InChI=1S/C17H12Cl2N2OS/c18-12-3-1-11(2-4-12)17-21-15(10-23-17)9-16(22)20-14-7-5-13(19)6-8-14/h1-8,10H,9H2,(H,20,22). The van der Waals surface area contributed by atoms with Crippen molar-refractivity contribution in [3.8, 4) is 10.6 Å². The summed E-state index contributed by atoms with van der Waals surface area (Å²) in [5.41, 5.74) is 2.45. The molecule has 3 rings (SSSR count). The smallest absolute Gasteiger partial charge is 0.230 e. The number of halogens is 2. The third kappa shape index (κ3) is 4.32. The van der Waals surface area contributed by atoms with Gasteiger partial charge in [-0.05, 0) is 36.4 Å². The number of benzene rings is 2. The van der Waals surface area contributed by atoms with Crippen LogP contribution in [0.3, 0.4) is 0 Å². The molecule has 0 aliphatic rings. The molecule has 3 nitrogen and oxygen atoms in total. The fourth-order valence-corrected chi connectivity index (χ4v) is 3.09. The predicted octanol–water partition coefficient (Wildman–Crippen LogP) is 5.30. The molecule has 0 atom stereocenters.